The largest absolute Gasteiger partial charge is 0.392 e. The second-order valence-electron chi connectivity index (χ2n) is 6.69. The third kappa shape index (κ3) is 3.97. The lowest BCUT2D eigenvalue weighted by Gasteiger charge is -2.42. The van der Waals surface area contributed by atoms with E-state index in [9.17, 15) is 4.79 Å². The van der Waals surface area contributed by atoms with Gasteiger partial charge in [0.1, 0.15) is 0 Å². The molecule has 3 nitrogen and oxygen atoms in total. The van der Waals surface area contributed by atoms with Gasteiger partial charge in [-0.3, -0.25) is 4.79 Å². The maximum Gasteiger partial charge on any atom is 0.235 e. The smallest absolute Gasteiger partial charge is 0.235 e. The Kier molecular flexibility index (Phi) is 7.11. The number of nitrogens with two attached hydrogens (primary N) is 1. The summed E-state index contributed by atoms with van der Waals surface area (Å²) in [5.74, 6) is 0.720. The molecule has 0 aromatic carbocycles. The van der Waals surface area contributed by atoms with Crippen molar-refractivity contribution in [2.75, 3.05) is 7.05 Å². The molecule has 0 spiro atoms. The van der Waals surface area contributed by atoms with E-state index < -0.39 is 5.41 Å². The van der Waals surface area contributed by atoms with Crippen LogP contribution in [0.5, 0.6) is 0 Å². The Morgan fingerprint density at radius 1 is 1.24 bits per heavy atom. The summed E-state index contributed by atoms with van der Waals surface area (Å²) in [6, 6.07) is 0.341. The summed E-state index contributed by atoms with van der Waals surface area (Å²) in [6.07, 6.45) is 8.20. The Hall–Kier alpha value is -0.640. The van der Waals surface area contributed by atoms with Crippen LogP contribution < -0.4 is 5.73 Å². The Labute approximate surface area is 135 Å². The summed E-state index contributed by atoms with van der Waals surface area (Å²) in [6.45, 7) is 6.45. The minimum atomic E-state index is -0.634. The van der Waals surface area contributed by atoms with Crippen LogP contribution >= 0.6 is 12.2 Å². The first-order valence-electron chi connectivity index (χ1n) is 8.47. The topological polar surface area (TPSA) is 46.3 Å². The second kappa shape index (κ2) is 8.11. The minimum Gasteiger partial charge on any atom is -0.392 e. The highest BCUT2D eigenvalue weighted by Crippen LogP contribution is 2.36. The Balaban J connectivity index is 3.00. The average Bonchev–Trinajstić information content (AvgIpc) is 2.45. The van der Waals surface area contributed by atoms with E-state index >= 15 is 0 Å². The molecule has 4 heteroatoms. The third-order valence-corrected chi connectivity index (χ3v) is 5.51. The summed E-state index contributed by atoms with van der Waals surface area (Å²) in [4.78, 5) is 15.5. The van der Waals surface area contributed by atoms with Crippen LogP contribution in [0.2, 0.25) is 0 Å². The molecule has 0 radical (unpaired) electrons. The number of amides is 1. The molecule has 0 bridgehead atoms. The predicted molar refractivity (Wildman–Crippen MR) is 93.2 cm³/mol. The number of nitrogens with zero attached hydrogens (tertiary/aromatic N) is 1. The van der Waals surface area contributed by atoms with Crippen LogP contribution in [-0.2, 0) is 4.79 Å². The van der Waals surface area contributed by atoms with Crippen LogP contribution in [0.3, 0.4) is 0 Å². The van der Waals surface area contributed by atoms with Crippen LogP contribution in [0.1, 0.15) is 72.1 Å². The SMILES string of the molecule is CCCC(CCC)(C(=O)N(C)C1CCCCC1C)C(N)=S. The van der Waals surface area contributed by atoms with Crippen molar-refractivity contribution in [1.29, 1.82) is 0 Å². The fraction of sp³-hybridized carbons (Fsp3) is 0.882. The van der Waals surface area contributed by atoms with Crippen molar-refractivity contribution in [3.8, 4) is 0 Å². The molecule has 1 saturated carbocycles. The summed E-state index contributed by atoms with van der Waals surface area (Å²) >= 11 is 5.32. The Bertz CT molecular complexity index is 364. The predicted octanol–water partition coefficient (Wildman–Crippen LogP) is 3.90. The van der Waals surface area contributed by atoms with Crippen LogP contribution in [0, 0.1) is 11.3 Å². The standard InChI is InChI=1S/C17H32N2OS/c1-5-11-17(12-6-2,15(18)21)16(20)19(4)14-10-8-7-9-13(14)3/h13-14H,5-12H2,1-4H3,(H2,18,21). The molecular weight excluding hydrogens is 280 g/mol. The molecule has 2 unspecified atom stereocenters. The highest BCUT2D eigenvalue weighted by atomic mass is 32.1. The van der Waals surface area contributed by atoms with Crippen LogP contribution in [0.15, 0.2) is 0 Å². The number of rotatable bonds is 7. The maximum atomic E-state index is 13.2. The molecule has 1 fully saturated rings. The monoisotopic (exact) mass is 312 g/mol. The van der Waals surface area contributed by atoms with Gasteiger partial charge in [-0.1, -0.05) is 58.7 Å². The zero-order valence-electron chi connectivity index (χ0n) is 14.2. The summed E-state index contributed by atoms with van der Waals surface area (Å²) < 4.78 is 0. The number of carbonyl (C=O) groups is 1. The molecule has 0 aliphatic heterocycles. The molecule has 21 heavy (non-hydrogen) atoms. The van der Waals surface area contributed by atoms with Crippen molar-refractivity contribution in [3.05, 3.63) is 0 Å². The van der Waals surface area contributed by atoms with Crippen molar-refractivity contribution in [2.45, 2.75) is 78.2 Å². The fourth-order valence-corrected chi connectivity index (χ4v) is 4.20. The normalized spacial score (nSPS) is 22.9. The molecule has 1 aliphatic rings. The van der Waals surface area contributed by atoms with E-state index in [2.05, 4.69) is 20.8 Å². The van der Waals surface area contributed by atoms with Gasteiger partial charge in [-0.2, -0.15) is 0 Å². The molecule has 1 aliphatic carbocycles. The van der Waals surface area contributed by atoms with Gasteiger partial charge < -0.3 is 10.6 Å². The third-order valence-electron chi connectivity index (χ3n) is 5.12. The van der Waals surface area contributed by atoms with E-state index in [0.29, 0.717) is 16.9 Å². The van der Waals surface area contributed by atoms with Gasteiger partial charge in [-0.15, -0.1) is 0 Å². The number of thiocarbonyl (C=S) groups is 1. The minimum absolute atomic E-state index is 0.150. The van der Waals surface area contributed by atoms with Gasteiger partial charge >= 0.3 is 0 Å². The van der Waals surface area contributed by atoms with E-state index in [1.807, 2.05) is 11.9 Å². The van der Waals surface area contributed by atoms with Crippen molar-refractivity contribution < 1.29 is 4.79 Å². The summed E-state index contributed by atoms with van der Waals surface area (Å²) in [5.41, 5.74) is 5.40. The van der Waals surface area contributed by atoms with Gasteiger partial charge in [0, 0.05) is 13.1 Å². The van der Waals surface area contributed by atoms with E-state index in [0.717, 1.165) is 32.1 Å². The first-order chi connectivity index (χ1) is 9.90. The van der Waals surface area contributed by atoms with Gasteiger partial charge in [0.2, 0.25) is 5.91 Å². The zero-order chi connectivity index (χ0) is 16.0. The van der Waals surface area contributed by atoms with E-state index in [1.165, 1.54) is 19.3 Å². The molecule has 1 rings (SSSR count). The molecule has 1 amide bonds. The number of hydrogen-bond donors (Lipinski definition) is 1. The van der Waals surface area contributed by atoms with Crippen molar-refractivity contribution in [3.63, 3.8) is 0 Å². The van der Waals surface area contributed by atoms with Gasteiger partial charge in [0.25, 0.3) is 0 Å². The second-order valence-corrected chi connectivity index (χ2v) is 7.13. The van der Waals surface area contributed by atoms with E-state index in [4.69, 9.17) is 18.0 Å². The van der Waals surface area contributed by atoms with Gasteiger partial charge in [0.15, 0.2) is 0 Å². The molecule has 2 atom stereocenters. The molecule has 0 heterocycles. The first kappa shape index (κ1) is 18.4. The number of hydrogen-bond acceptors (Lipinski definition) is 2. The molecule has 0 saturated heterocycles. The fourth-order valence-electron chi connectivity index (χ4n) is 3.90. The molecule has 0 aromatic rings. The van der Waals surface area contributed by atoms with Crippen LogP contribution in [0.4, 0.5) is 0 Å². The van der Waals surface area contributed by atoms with E-state index in [-0.39, 0.29) is 5.91 Å². The molecular formula is C17H32N2OS. The lowest BCUT2D eigenvalue weighted by molar-refractivity contribution is -0.141. The summed E-state index contributed by atoms with van der Waals surface area (Å²) in [7, 11) is 1.95. The highest BCUT2D eigenvalue weighted by molar-refractivity contribution is 7.80. The Morgan fingerprint density at radius 2 is 1.76 bits per heavy atom. The van der Waals surface area contributed by atoms with Crippen molar-refractivity contribution in [2.24, 2.45) is 17.1 Å². The molecule has 0 aromatic heterocycles. The lowest BCUT2D eigenvalue weighted by Crippen LogP contribution is -2.54. The highest BCUT2D eigenvalue weighted by Gasteiger charge is 2.43. The van der Waals surface area contributed by atoms with E-state index in [1.54, 1.807) is 0 Å². The zero-order valence-corrected chi connectivity index (χ0v) is 15.0. The van der Waals surface area contributed by atoms with Gasteiger partial charge in [-0.25, -0.2) is 0 Å². The molecule has 122 valence electrons. The summed E-state index contributed by atoms with van der Waals surface area (Å²) in [5, 5.41) is 0. The van der Waals surface area contributed by atoms with Crippen molar-refractivity contribution >= 4 is 23.1 Å². The quantitative estimate of drug-likeness (QED) is 0.725. The van der Waals surface area contributed by atoms with Gasteiger partial charge in [0.05, 0.1) is 10.4 Å². The Morgan fingerprint density at radius 3 is 2.19 bits per heavy atom. The van der Waals surface area contributed by atoms with Gasteiger partial charge in [-0.05, 0) is 31.6 Å². The maximum absolute atomic E-state index is 13.2. The average molecular weight is 313 g/mol. The van der Waals surface area contributed by atoms with Crippen molar-refractivity contribution in [1.82, 2.24) is 4.90 Å². The first-order valence-corrected chi connectivity index (χ1v) is 8.88. The molecule has 2 N–H and O–H groups in total. The van der Waals surface area contributed by atoms with Crippen LogP contribution in [0.25, 0.3) is 0 Å². The lowest BCUT2D eigenvalue weighted by atomic mass is 9.76. The number of carbonyl (C=O) groups excluding carboxylic acids is 1. The van der Waals surface area contributed by atoms with Crippen LogP contribution in [-0.4, -0.2) is 28.9 Å².